The summed E-state index contributed by atoms with van der Waals surface area (Å²) in [6, 6.07) is 0.488. The molecule has 1 unspecified atom stereocenters. The lowest BCUT2D eigenvalue weighted by Crippen LogP contribution is -2.56. The second kappa shape index (κ2) is 5.55. The first-order valence-corrected chi connectivity index (χ1v) is 6.82. The molecule has 0 aromatic heterocycles. The van der Waals surface area contributed by atoms with Crippen LogP contribution in [0.25, 0.3) is 0 Å². The van der Waals surface area contributed by atoms with E-state index < -0.39 is 5.97 Å². The second-order valence-electron chi connectivity index (χ2n) is 5.71. The molecule has 0 aromatic rings. The van der Waals surface area contributed by atoms with Gasteiger partial charge in [0.15, 0.2) is 0 Å². The molecule has 0 spiro atoms. The molecule has 2 fully saturated rings. The minimum atomic E-state index is -0.688. The predicted octanol–water partition coefficient (Wildman–Crippen LogP) is 0.646. The molecule has 1 atom stereocenters. The number of morpholine rings is 1. The van der Waals surface area contributed by atoms with Crippen molar-refractivity contribution in [1.82, 2.24) is 9.80 Å². The van der Waals surface area contributed by atoms with E-state index in [1.54, 1.807) is 0 Å². The molecule has 0 bridgehead atoms. The Morgan fingerprint density at radius 3 is 2.50 bits per heavy atom. The number of aliphatic carboxylic acids is 1. The van der Waals surface area contributed by atoms with Crippen molar-refractivity contribution in [2.24, 2.45) is 0 Å². The molecule has 2 aliphatic rings. The van der Waals surface area contributed by atoms with Gasteiger partial charge in [-0.2, -0.15) is 0 Å². The first kappa shape index (κ1) is 13.8. The Kier molecular flexibility index (Phi) is 4.25. The van der Waals surface area contributed by atoms with E-state index in [0.717, 1.165) is 45.8 Å². The molecule has 2 aliphatic heterocycles. The third-order valence-electron chi connectivity index (χ3n) is 4.25. The zero-order valence-corrected chi connectivity index (χ0v) is 11.4. The molecular weight excluding hydrogens is 232 g/mol. The van der Waals surface area contributed by atoms with Gasteiger partial charge in [0, 0.05) is 37.8 Å². The number of nitrogens with zero attached hydrogens (tertiary/aromatic N) is 2. The summed E-state index contributed by atoms with van der Waals surface area (Å²) in [5, 5.41) is 9.22. The van der Waals surface area contributed by atoms with Crippen LogP contribution in [-0.2, 0) is 9.53 Å². The summed E-state index contributed by atoms with van der Waals surface area (Å²) < 4.78 is 5.38. The van der Waals surface area contributed by atoms with Crippen LogP contribution >= 0.6 is 0 Å². The molecule has 0 amide bonds. The molecule has 2 rings (SSSR count). The van der Waals surface area contributed by atoms with Gasteiger partial charge in [-0.3, -0.25) is 14.6 Å². The fourth-order valence-corrected chi connectivity index (χ4v) is 3.16. The SMILES string of the molecule is CC(C)N1CCC(CC(=O)O)(N2CCOCC2)C1. The number of likely N-dealkylation sites (tertiary alicyclic amines) is 1. The molecule has 0 radical (unpaired) electrons. The van der Waals surface area contributed by atoms with E-state index in [1.807, 2.05) is 0 Å². The van der Waals surface area contributed by atoms with Crippen LogP contribution in [0.5, 0.6) is 0 Å². The van der Waals surface area contributed by atoms with Crippen molar-refractivity contribution < 1.29 is 14.6 Å². The monoisotopic (exact) mass is 256 g/mol. The summed E-state index contributed by atoms with van der Waals surface area (Å²) in [5.74, 6) is -0.688. The van der Waals surface area contributed by atoms with Gasteiger partial charge < -0.3 is 9.84 Å². The van der Waals surface area contributed by atoms with Gasteiger partial charge >= 0.3 is 5.97 Å². The van der Waals surface area contributed by atoms with Crippen LogP contribution in [0.4, 0.5) is 0 Å². The maximum atomic E-state index is 11.2. The van der Waals surface area contributed by atoms with Gasteiger partial charge in [-0.05, 0) is 20.3 Å². The number of rotatable bonds is 4. The summed E-state index contributed by atoms with van der Waals surface area (Å²) in [5.41, 5.74) is -0.181. The zero-order chi connectivity index (χ0) is 13.2. The largest absolute Gasteiger partial charge is 0.481 e. The first-order chi connectivity index (χ1) is 8.53. The summed E-state index contributed by atoms with van der Waals surface area (Å²) >= 11 is 0. The first-order valence-electron chi connectivity index (χ1n) is 6.82. The van der Waals surface area contributed by atoms with Gasteiger partial charge in [0.2, 0.25) is 0 Å². The van der Waals surface area contributed by atoms with Crippen molar-refractivity contribution in [3.05, 3.63) is 0 Å². The van der Waals surface area contributed by atoms with E-state index >= 15 is 0 Å². The molecule has 2 saturated heterocycles. The Hall–Kier alpha value is -0.650. The van der Waals surface area contributed by atoms with E-state index in [1.165, 1.54) is 0 Å². The maximum Gasteiger partial charge on any atom is 0.305 e. The quantitative estimate of drug-likeness (QED) is 0.800. The smallest absolute Gasteiger partial charge is 0.305 e. The van der Waals surface area contributed by atoms with Gasteiger partial charge in [0.1, 0.15) is 0 Å². The van der Waals surface area contributed by atoms with E-state index in [2.05, 4.69) is 23.6 Å². The van der Waals surface area contributed by atoms with Crippen molar-refractivity contribution in [1.29, 1.82) is 0 Å². The molecule has 2 heterocycles. The Morgan fingerprint density at radius 2 is 2.00 bits per heavy atom. The number of hydrogen-bond donors (Lipinski definition) is 1. The van der Waals surface area contributed by atoms with Crippen LogP contribution in [0.1, 0.15) is 26.7 Å². The average Bonchev–Trinajstić information content (AvgIpc) is 2.75. The highest BCUT2D eigenvalue weighted by molar-refractivity contribution is 5.68. The van der Waals surface area contributed by atoms with Crippen molar-refractivity contribution in [3.8, 4) is 0 Å². The van der Waals surface area contributed by atoms with Crippen molar-refractivity contribution in [2.45, 2.75) is 38.3 Å². The molecule has 18 heavy (non-hydrogen) atoms. The van der Waals surface area contributed by atoms with Crippen LogP contribution in [0.2, 0.25) is 0 Å². The molecule has 5 heteroatoms. The van der Waals surface area contributed by atoms with Gasteiger partial charge in [-0.15, -0.1) is 0 Å². The number of carbonyl (C=O) groups is 1. The number of ether oxygens (including phenoxy) is 1. The fraction of sp³-hybridized carbons (Fsp3) is 0.923. The number of hydrogen-bond acceptors (Lipinski definition) is 4. The summed E-state index contributed by atoms with van der Waals surface area (Å²) in [6.07, 6.45) is 1.20. The van der Waals surface area contributed by atoms with Gasteiger partial charge in [-0.25, -0.2) is 0 Å². The lowest BCUT2D eigenvalue weighted by Gasteiger charge is -2.42. The van der Waals surface area contributed by atoms with E-state index in [-0.39, 0.29) is 12.0 Å². The molecule has 5 nitrogen and oxygen atoms in total. The van der Waals surface area contributed by atoms with Gasteiger partial charge in [-0.1, -0.05) is 0 Å². The van der Waals surface area contributed by atoms with Crippen LogP contribution in [0.15, 0.2) is 0 Å². The Labute approximate surface area is 109 Å². The highest BCUT2D eigenvalue weighted by Gasteiger charge is 2.45. The van der Waals surface area contributed by atoms with Gasteiger partial charge in [0.05, 0.1) is 19.6 Å². The van der Waals surface area contributed by atoms with Crippen LogP contribution in [0.3, 0.4) is 0 Å². The fourth-order valence-electron chi connectivity index (χ4n) is 3.16. The summed E-state index contributed by atoms with van der Waals surface area (Å²) in [6.45, 7) is 9.40. The molecular formula is C13H24N2O3. The highest BCUT2D eigenvalue weighted by atomic mass is 16.5. The minimum absolute atomic E-state index is 0.181. The predicted molar refractivity (Wildman–Crippen MR) is 68.7 cm³/mol. The topological polar surface area (TPSA) is 53.0 Å². The lowest BCUT2D eigenvalue weighted by atomic mass is 9.91. The molecule has 104 valence electrons. The average molecular weight is 256 g/mol. The standard InChI is InChI=1S/C13H24N2O3/c1-11(2)14-4-3-13(10-14,9-12(16)17)15-5-7-18-8-6-15/h11H,3-10H2,1-2H3,(H,16,17). The Balaban J connectivity index is 2.11. The third-order valence-corrected chi connectivity index (χ3v) is 4.25. The Morgan fingerprint density at radius 1 is 1.33 bits per heavy atom. The van der Waals surface area contributed by atoms with Crippen LogP contribution in [-0.4, -0.2) is 71.8 Å². The van der Waals surface area contributed by atoms with Gasteiger partial charge in [0.25, 0.3) is 0 Å². The minimum Gasteiger partial charge on any atom is -0.481 e. The number of carboxylic acids is 1. The van der Waals surface area contributed by atoms with E-state index in [0.29, 0.717) is 6.04 Å². The maximum absolute atomic E-state index is 11.2. The van der Waals surface area contributed by atoms with Crippen LogP contribution in [0, 0.1) is 0 Å². The van der Waals surface area contributed by atoms with Crippen molar-refractivity contribution >= 4 is 5.97 Å². The Bertz CT molecular complexity index is 303. The molecule has 0 saturated carbocycles. The van der Waals surface area contributed by atoms with Crippen LogP contribution < -0.4 is 0 Å². The molecule has 0 aliphatic carbocycles. The normalized spacial score (nSPS) is 31.1. The summed E-state index contributed by atoms with van der Waals surface area (Å²) in [7, 11) is 0. The molecule has 0 aromatic carbocycles. The lowest BCUT2D eigenvalue weighted by molar-refractivity contribution is -0.141. The summed E-state index contributed by atoms with van der Waals surface area (Å²) in [4.78, 5) is 15.9. The van der Waals surface area contributed by atoms with E-state index in [9.17, 15) is 9.90 Å². The van der Waals surface area contributed by atoms with Crippen molar-refractivity contribution in [2.75, 3.05) is 39.4 Å². The van der Waals surface area contributed by atoms with Crippen molar-refractivity contribution in [3.63, 3.8) is 0 Å². The number of carboxylic acid groups (broad SMARTS) is 1. The second-order valence-corrected chi connectivity index (χ2v) is 5.71. The third kappa shape index (κ3) is 2.84. The zero-order valence-electron chi connectivity index (χ0n) is 11.4. The van der Waals surface area contributed by atoms with E-state index in [4.69, 9.17) is 4.74 Å². The molecule has 1 N–H and O–H groups in total. The highest BCUT2D eigenvalue weighted by Crippen LogP contribution is 2.33.